The van der Waals surface area contributed by atoms with Crippen LogP contribution in [0, 0.1) is 11.3 Å². The van der Waals surface area contributed by atoms with E-state index in [1.165, 1.54) is 12.2 Å². The van der Waals surface area contributed by atoms with Crippen LogP contribution in [-0.2, 0) is 4.79 Å². The molecule has 3 heteroatoms. The molecule has 2 rings (SSSR count). The zero-order chi connectivity index (χ0) is 13.9. The summed E-state index contributed by atoms with van der Waals surface area (Å²) < 4.78 is 0. The number of Topliss-reactive ketones (excluding diaryl/α,β-unsaturated/α-hetero) is 1. The van der Waals surface area contributed by atoms with Gasteiger partial charge in [0.1, 0.15) is 0 Å². The molecule has 2 unspecified atom stereocenters. The SMILES string of the molecule is C=CC1(C(=O)c2ccccc2)C=CC=CC1C(=O)[O-]. The van der Waals surface area contributed by atoms with Crippen molar-refractivity contribution < 1.29 is 14.7 Å². The summed E-state index contributed by atoms with van der Waals surface area (Å²) in [6.45, 7) is 3.64. The molecule has 0 heterocycles. The van der Waals surface area contributed by atoms with Crippen LogP contribution in [0.5, 0.6) is 0 Å². The third-order valence-electron chi connectivity index (χ3n) is 3.32. The fraction of sp³-hybridized carbons (Fsp3) is 0.125. The van der Waals surface area contributed by atoms with Crippen LogP contribution in [-0.4, -0.2) is 11.8 Å². The number of ketones is 1. The minimum absolute atomic E-state index is 0.294. The number of carbonyl (C=O) groups is 2. The molecule has 1 aliphatic carbocycles. The van der Waals surface area contributed by atoms with Crippen LogP contribution in [0.4, 0.5) is 0 Å². The van der Waals surface area contributed by atoms with E-state index in [0.717, 1.165) is 0 Å². The van der Waals surface area contributed by atoms with E-state index in [0.29, 0.717) is 5.56 Å². The van der Waals surface area contributed by atoms with E-state index in [9.17, 15) is 14.7 Å². The van der Waals surface area contributed by atoms with Crippen molar-refractivity contribution in [3.8, 4) is 0 Å². The van der Waals surface area contributed by atoms with Gasteiger partial charge in [-0.25, -0.2) is 0 Å². The number of aliphatic carboxylic acids is 1. The zero-order valence-electron chi connectivity index (χ0n) is 10.3. The van der Waals surface area contributed by atoms with Crippen molar-refractivity contribution in [2.24, 2.45) is 11.3 Å². The fourth-order valence-corrected chi connectivity index (χ4v) is 2.27. The third kappa shape index (κ3) is 2.15. The lowest BCUT2D eigenvalue weighted by atomic mass is 9.68. The molecule has 0 bridgehead atoms. The van der Waals surface area contributed by atoms with Crippen molar-refractivity contribution >= 4 is 11.8 Å². The number of allylic oxidation sites excluding steroid dienone is 4. The van der Waals surface area contributed by atoms with E-state index in [2.05, 4.69) is 6.58 Å². The highest BCUT2D eigenvalue weighted by Gasteiger charge is 2.41. The van der Waals surface area contributed by atoms with Crippen LogP contribution >= 0.6 is 0 Å². The van der Waals surface area contributed by atoms with Gasteiger partial charge in [-0.15, -0.1) is 6.58 Å². The van der Waals surface area contributed by atoms with Crippen LogP contribution in [0.2, 0.25) is 0 Å². The molecule has 0 saturated heterocycles. The van der Waals surface area contributed by atoms with E-state index in [-0.39, 0.29) is 5.78 Å². The Kier molecular flexibility index (Phi) is 3.47. The van der Waals surface area contributed by atoms with Gasteiger partial charge in [0.15, 0.2) is 5.78 Å². The molecule has 0 fully saturated rings. The largest absolute Gasteiger partial charge is 0.549 e. The molecule has 0 aliphatic heterocycles. The van der Waals surface area contributed by atoms with Gasteiger partial charge in [0.2, 0.25) is 0 Å². The second kappa shape index (κ2) is 5.06. The number of hydrogen-bond acceptors (Lipinski definition) is 3. The summed E-state index contributed by atoms with van der Waals surface area (Å²) in [5, 5.41) is 11.3. The highest BCUT2D eigenvalue weighted by atomic mass is 16.4. The molecule has 19 heavy (non-hydrogen) atoms. The molecule has 96 valence electrons. The van der Waals surface area contributed by atoms with Gasteiger partial charge in [-0.3, -0.25) is 4.79 Å². The van der Waals surface area contributed by atoms with Crippen LogP contribution in [0.15, 0.2) is 67.3 Å². The standard InChI is InChI=1S/C16H14O3/c1-2-16(11-7-6-10-13(16)15(18)19)14(17)12-8-4-3-5-9-12/h2-11,13H,1H2,(H,18,19)/p-1. The van der Waals surface area contributed by atoms with Gasteiger partial charge in [0.05, 0.1) is 5.41 Å². The number of carbonyl (C=O) groups excluding carboxylic acids is 2. The summed E-state index contributed by atoms with van der Waals surface area (Å²) in [6, 6.07) is 8.59. The van der Waals surface area contributed by atoms with Gasteiger partial charge < -0.3 is 9.90 Å². The maximum atomic E-state index is 12.6. The molecule has 1 aliphatic rings. The Morgan fingerprint density at radius 1 is 1.21 bits per heavy atom. The Bertz CT molecular complexity index is 569. The molecule has 3 nitrogen and oxygen atoms in total. The van der Waals surface area contributed by atoms with Gasteiger partial charge in [-0.2, -0.15) is 0 Å². The molecule has 0 radical (unpaired) electrons. The maximum absolute atomic E-state index is 12.6. The van der Waals surface area contributed by atoms with Crippen LogP contribution in [0.1, 0.15) is 10.4 Å². The minimum atomic E-state index is -1.29. The molecule has 1 aromatic carbocycles. The van der Waals surface area contributed by atoms with Gasteiger partial charge in [-0.05, 0) is 0 Å². The Hall–Kier alpha value is -2.42. The highest BCUT2D eigenvalue weighted by molar-refractivity contribution is 6.05. The van der Waals surface area contributed by atoms with E-state index >= 15 is 0 Å². The van der Waals surface area contributed by atoms with Crippen molar-refractivity contribution in [2.75, 3.05) is 0 Å². The Balaban J connectivity index is 2.51. The summed E-state index contributed by atoms with van der Waals surface area (Å²) >= 11 is 0. The third-order valence-corrected chi connectivity index (χ3v) is 3.32. The summed E-state index contributed by atoms with van der Waals surface area (Å²) in [5.41, 5.74) is -0.830. The number of rotatable bonds is 4. The first-order chi connectivity index (χ1) is 9.12. The van der Waals surface area contributed by atoms with E-state index in [1.807, 2.05) is 0 Å². The lowest BCUT2D eigenvalue weighted by molar-refractivity contribution is -0.311. The smallest absolute Gasteiger partial charge is 0.177 e. The molecule has 0 amide bonds. The Labute approximate surface area is 111 Å². The summed E-state index contributed by atoms with van der Waals surface area (Å²) in [6.07, 6.45) is 7.65. The number of hydrogen-bond donors (Lipinski definition) is 0. The quantitative estimate of drug-likeness (QED) is 0.604. The summed E-state index contributed by atoms with van der Waals surface area (Å²) in [5.74, 6) is -2.62. The number of benzene rings is 1. The predicted molar refractivity (Wildman–Crippen MR) is 70.2 cm³/mol. The first kappa shape index (κ1) is 13.0. The maximum Gasteiger partial charge on any atom is 0.177 e. The summed E-state index contributed by atoms with van der Waals surface area (Å²) in [4.78, 5) is 23.9. The minimum Gasteiger partial charge on any atom is -0.549 e. The predicted octanol–water partition coefficient (Wildman–Crippen LogP) is 1.53. The first-order valence-corrected chi connectivity index (χ1v) is 5.92. The van der Waals surface area contributed by atoms with Gasteiger partial charge in [0, 0.05) is 17.5 Å². The van der Waals surface area contributed by atoms with E-state index < -0.39 is 17.3 Å². The summed E-state index contributed by atoms with van der Waals surface area (Å²) in [7, 11) is 0. The molecule has 2 atom stereocenters. The lowest BCUT2D eigenvalue weighted by Gasteiger charge is -2.35. The Morgan fingerprint density at radius 3 is 2.47 bits per heavy atom. The second-order valence-electron chi connectivity index (χ2n) is 4.37. The average molecular weight is 253 g/mol. The van der Waals surface area contributed by atoms with Gasteiger partial charge in [0.25, 0.3) is 0 Å². The molecule has 1 aromatic rings. The number of carboxylic acids is 1. The van der Waals surface area contributed by atoms with Crippen LogP contribution < -0.4 is 5.11 Å². The van der Waals surface area contributed by atoms with Crippen molar-refractivity contribution in [1.82, 2.24) is 0 Å². The topological polar surface area (TPSA) is 57.2 Å². The van der Waals surface area contributed by atoms with E-state index in [1.54, 1.807) is 48.6 Å². The van der Waals surface area contributed by atoms with Crippen molar-refractivity contribution in [1.29, 1.82) is 0 Å². The molecular formula is C16H13O3-. The van der Waals surface area contributed by atoms with Crippen molar-refractivity contribution in [3.63, 3.8) is 0 Å². The first-order valence-electron chi connectivity index (χ1n) is 5.92. The molecule has 0 spiro atoms. The molecule has 0 aromatic heterocycles. The van der Waals surface area contributed by atoms with Crippen molar-refractivity contribution in [2.45, 2.75) is 0 Å². The fourth-order valence-electron chi connectivity index (χ4n) is 2.27. The van der Waals surface area contributed by atoms with Crippen LogP contribution in [0.3, 0.4) is 0 Å². The van der Waals surface area contributed by atoms with Crippen LogP contribution in [0.25, 0.3) is 0 Å². The van der Waals surface area contributed by atoms with Gasteiger partial charge >= 0.3 is 0 Å². The van der Waals surface area contributed by atoms with Gasteiger partial charge in [-0.1, -0.05) is 60.7 Å². The van der Waals surface area contributed by atoms with E-state index in [4.69, 9.17) is 0 Å². The highest BCUT2D eigenvalue weighted by Crippen LogP contribution is 2.38. The Morgan fingerprint density at radius 2 is 1.89 bits per heavy atom. The lowest BCUT2D eigenvalue weighted by Crippen LogP contribution is -2.45. The van der Waals surface area contributed by atoms with Crippen molar-refractivity contribution in [3.05, 3.63) is 72.9 Å². The normalized spacial score (nSPS) is 24.9. The average Bonchev–Trinajstić information content (AvgIpc) is 2.47. The molecule has 0 saturated carbocycles. The number of carboxylic acid groups (broad SMARTS) is 1. The molecular weight excluding hydrogens is 240 g/mol. The zero-order valence-corrected chi connectivity index (χ0v) is 10.3. The second-order valence-corrected chi connectivity index (χ2v) is 4.37. The molecule has 0 N–H and O–H groups in total. The monoisotopic (exact) mass is 253 g/mol.